The first-order chi connectivity index (χ1) is 15.9. The molecule has 0 bridgehead atoms. The van der Waals surface area contributed by atoms with Gasteiger partial charge in [-0.25, -0.2) is 18.6 Å². The van der Waals surface area contributed by atoms with Crippen LogP contribution in [-0.4, -0.2) is 24.1 Å². The van der Waals surface area contributed by atoms with E-state index in [-0.39, 0.29) is 22.5 Å². The van der Waals surface area contributed by atoms with Crippen LogP contribution in [0.5, 0.6) is 0 Å². The first-order valence-electron chi connectivity index (χ1n) is 9.78. The van der Waals surface area contributed by atoms with E-state index in [4.69, 9.17) is 10.5 Å². The summed E-state index contributed by atoms with van der Waals surface area (Å²) in [5.74, 6) is -2.38. The first kappa shape index (κ1) is 21.7. The average molecular weight is 448 g/mol. The molecule has 3 aromatic carbocycles. The second-order valence-corrected chi connectivity index (χ2v) is 6.97. The van der Waals surface area contributed by atoms with Crippen LogP contribution in [0.1, 0.15) is 10.4 Å². The highest BCUT2D eigenvalue weighted by Gasteiger charge is 2.25. The van der Waals surface area contributed by atoms with Crippen LogP contribution in [0.25, 0.3) is 22.2 Å². The van der Waals surface area contributed by atoms with Crippen molar-refractivity contribution < 1.29 is 23.1 Å². The summed E-state index contributed by atoms with van der Waals surface area (Å²) >= 11 is 0. The van der Waals surface area contributed by atoms with Crippen LogP contribution in [-0.2, 0) is 4.74 Å². The number of hydrogen-bond acceptors (Lipinski definition) is 5. The molecule has 166 valence electrons. The van der Waals surface area contributed by atoms with Gasteiger partial charge in [0.05, 0.1) is 35.3 Å². The Morgan fingerprint density at radius 3 is 2.39 bits per heavy atom. The molecule has 0 saturated carbocycles. The highest BCUT2D eigenvalue weighted by atomic mass is 19.1. The van der Waals surface area contributed by atoms with Crippen molar-refractivity contribution in [1.29, 1.82) is 0 Å². The largest absolute Gasteiger partial charge is 0.451 e. The topological polar surface area (TPSA) is 97.5 Å². The van der Waals surface area contributed by atoms with Crippen molar-refractivity contribution in [3.63, 3.8) is 0 Å². The summed E-state index contributed by atoms with van der Waals surface area (Å²) in [7, 11) is 1.18. The van der Waals surface area contributed by atoms with Crippen molar-refractivity contribution in [2.45, 2.75) is 0 Å². The number of hydrogen-bond donors (Lipinski definition) is 2. The lowest BCUT2D eigenvalue weighted by Crippen LogP contribution is -2.46. The third-order valence-electron chi connectivity index (χ3n) is 4.93. The number of nitrogens with zero attached hydrogens (tertiary/aromatic N) is 2. The van der Waals surface area contributed by atoms with Crippen molar-refractivity contribution in [2.75, 3.05) is 17.9 Å². The number of nitrogens with two attached hydrogens (primary N) is 1. The number of pyridine rings is 1. The number of nitrogens with one attached hydrogen (secondary N) is 1. The van der Waals surface area contributed by atoms with E-state index < -0.39 is 23.6 Å². The lowest BCUT2D eigenvalue weighted by atomic mass is 10.0. The fourth-order valence-corrected chi connectivity index (χ4v) is 3.40. The smallest absolute Gasteiger partial charge is 0.433 e. The number of nitrogen functional groups attached to an aromatic ring is 1. The molecule has 0 aliphatic heterocycles. The molecule has 1 aromatic heterocycles. The molecule has 2 amide bonds. The number of benzene rings is 3. The standard InChI is InChI=1S/C24H18F2N4O3/c1-33-24(32)30(15-7-3-2-4-8-15)29-23(31)20-17-9-5-6-10-19(17)28-22(21(20)27)16-12-11-14(25)13-18(16)26/h2-13H,27H2,1H3,(H,29,31). The van der Waals surface area contributed by atoms with Gasteiger partial charge in [-0.05, 0) is 30.3 Å². The van der Waals surface area contributed by atoms with Gasteiger partial charge in [-0.3, -0.25) is 10.2 Å². The Hall–Kier alpha value is -4.53. The fourth-order valence-electron chi connectivity index (χ4n) is 3.40. The molecule has 0 atom stereocenters. The van der Waals surface area contributed by atoms with Crippen molar-refractivity contribution in [3.8, 4) is 11.3 Å². The summed E-state index contributed by atoms with van der Waals surface area (Å²) in [6.45, 7) is 0. The molecule has 0 unspecified atom stereocenters. The van der Waals surface area contributed by atoms with Crippen LogP contribution in [0.3, 0.4) is 0 Å². The number of hydrazine groups is 1. The van der Waals surface area contributed by atoms with E-state index in [9.17, 15) is 18.4 Å². The quantitative estimate of drug-likeness (QED) is 0.444. The van der Waals surface area contributed by atoms with Gasteiger partial charge in [-0.15, -0.1) is 0 Å². The second-order valence-electron chi connectivity index (χ2n) is 6.97. The van der Waals surface area contributed by atoms with Crippen LogP contribution in [0.4, 0.5) is 25.0 Å². The lowest BCUT2D eigenvalue weighted by molar-refractivity contribution is 0.0943. The summed E-state index contributed by atoms with van der Waals surface area (Å²) in [5, 5.41) is 1.31. The van der Waals surface area contributed by atoms with Crippen LogP contribution in [0.2, 0.25) is 0 Å². The number of carbonyl (C=O) groups excluding carboxylic acids is 2. The number of para-hydroxylation sites is 2. The Balaban J connectivity index is 1.86. The third-order valence-corrected chi connectivity index (χ3v) is 4.93. The maximum atomic E-state index is 14.5. The monoisotopic (exact) mass is 448 g/mol. The molecule has 4 aromatic rings. The highest BCUT2D eigenvalue weighted by molar-refractivity contribution is 6.14. The molecule has 0 fully saturated rings. The van der Waals surface area contributed by atoms with Crippen LogP contribution >= 0.6 is 0 Å². The van der Waals surface area contributed by atoms with Gasteiger partial charge in [0.25, 0.3) is 5.91 Å². The lowest BCUT2D eigenvalue weighted by Gasteiger charge is -2.23. The maximum Gasteiger partial charge on any atom is 0.433 e. The molecule has 9 heteroatoms. The van der Waals surface area contributed by atoms with E-state index >= 15 is 0 Å². The third kappa shape index (κ3) is 4.16. The van der Waals surface area contributed by atoms with E-state index in [1.165, 1.54) is 13.2 Å². The molecule has 0 spiro atoms. The number of aromatic nitrogens is 1. The number of anilines is 2. The molecule has 1 heterocycles. The van der Waals surface area contributed by atoms with E-state index in [1.807, 2.05) is 0 Å². The molecule has 7 nitrogen and oxygen atoms in total. The van der Waals surface area contributed by atoms with E-state index in [0.29, 0.717) is 22.7 Å². The van der Waals surface area contributed by atoms with Gasteiger partial charge in [-0.2, -0.15) is 5.01 Å². The maximum absolute atomic E-state index is 14.5. The molecule has 0 saturated heterocycles. The van der Waals surface area contributed by atoms with Crippen LogP contribution < -0.4 is 16.2 Å². The van der Waals surface area contributed by atoms with E-state index in [1.54, 1.807) is 54.6 Å². The molecular weight excluding hydrogens is 430 g/mol. The molecular formula is C24H18F2N4O3. The van der Waals surface area contributed by atoms with Gasteiger partial charge in [0, 0.05) is 17.0 Å². The number of fused-ring (bicyclic) bond motifs is 1. The first-order valence-corrected chi connectivity index (χ1v) is 9.78. The number of ether oxygens (including phenoxy) is 1. The zero-order valence-electron chi connectivity index (χ0n) is 17.4. The van der Waals surface area contributed by atoms with E-state index in [0.717, 1.165) is 11.1 Å². The Kier molecular flexibility index (Phi) is 5.86. The van der Waals surface area contributed by atoms with Crippen molar-refractivity contribution in [2.24, 2.45) is 0 Å². The Morgan fingerprint density at radius 2 is 1.70 bits per heavy atom. The normalized spacial score (nSPS) is 10.6. The van der Waals surface area contributed by atoms with Gasteiger partial charge >= 0.3 is 6.09 Å². The molecule has 0 aliphatic rings. The van der Waals surface area contributed by atoms with Crippen molar-refractivity contribution in [1.82, 2.24) is 10.4 Å². The van der Waals surface area contributed by atoms with Gasteiger partial charge in [0.1, 0.15) is 11.6 Å². The number of rotatable bonds is 3. The minimum Gasteiger partial charge on any atom is -0.451 e. The highest BCUT2D eigenvalue weighted by Crippen LogP contribution is 2.34. The molecule has 33 heavy (non-hydrogen) atoms. The second kappa shape index (κ2) is 8.91. The summed E-state index contributed by atoms with van der Waals surface area (Å²) in [5.41, 5.74) is 9.25. The number of methoxy groups -OCH3 is 1. The fraction of sp³-hybridized carbons (Fsp3) is 0.0417. The zero-order valence-corrected chi connectivity index (χ0v) is 17.4. The van der Waals surface area contributed by atoms with Gasteiger partial charge < -0.3 is 10.5 Å². The predicted molar refractivity (Wildman–Crippen MR) is 120 cm³/mol. The molecule has 0 aliphatic carbocycles. The summed E-state index contributed by atoms with van der Waals surface area (Å²) in [6, 6.07) is 17.9. The molecule has 3 N–H and O–H groups in total. The van der Waals surface area contributed by atoms with Gasteiger partial charge in [0.15, 0.2) is 0 Å². The van der Waals surface area contributed by atoms with Crippen molar-refractivity contribution >= 4 is 34.3 Å². The molecule has 4 rings (SSSR count). The Bertz CT molecular complexity index is 1360. The van der Waals surface area contributed by atoms with Gasteiger partial charge in [-0.1, -0.05) is 36.4 Å². The van der Waals surface area contributed by atoms with E-state index in [2.05, 4.69) is 10.4 Å². The van der Waals surface area contributed by atoms with Crippen LogP contribution in [0, 0.1) is 11.6 Å². The Morgan fingerprint density at radius 1 is 1.00 bits per heavy atom. The number of halogens is 2. The zero-order chi connectivity index (χ0) is 23.5. The summed E-state index contributed by atoms with van der Waals surface area (Å²) < 4.78 is 32.7. The summed E-state index contributed by atoms with van der Waals surface area (Å²) in [4.78, 5) is 30.1. The predicted octanol–water partition coefficient (Wildman–Crippen LogP) is 4.68. The average Bonchev–Trinajstić information content (AvgIpc) is 2.82. The Labute approximate surface area is 187 Å². The SMILES string of the molecule is COC(=O)N(NC(=O)c1c(N)c(-c2ccc(F)cc2F)nc2ccccc12)c1ccccc1. The minimum absolute atomic E-state index is 0.0239. The summed E-state index contributed by atoms with van der Waals surface area (Å²) in [6.07, 6.45) is -0.837. The number of carbonyl (C=O) groups is 2. The minimum atomic E-state index is -0.878. The van der Waals surface area contributed by atoms with Crippen LogP contribution in [0.15, 0.2) is 72.8 Å². The van der Waals surface area contributed by atoms with Crippen molar-refractivity contribution in [3.05, 3.63) is 90.0 Å². The van der Waals surface area contributed by atoms with Gasteiger partial charge in [0.2, 0.25) is 0 Å². The number of amides is 2. The molecule has 0 radical (unpaired) electrons.